The van der Waals surface area contributed by atoms with Crippen LogP contribution in [-0.2, 0) is 29.1 Å². The van der Waals surface area contributed by atoms with Gasteiger partial charge in [0.2, 0.25) is 0 Å². The summed E-state index contributed by atoms with van der Waals surface area (Å²) in [6.45, 7) is -0.423. The number of hydrogen-bond donors (Lipinski definition) is 1. The van der Waals surface area contributed by atoms with Crippen molar-refractivity contribution in [2.75, 3.05) is 20.3 Å². The Morgan fingerprint density at radius 3 is 2.68 bits per heavy atom. The van der Waals surface area contributed by atoms with Crippen LogP contribution in [0.1, 0.15) is 12.0 Å². The number of benzene rings is 1. The fourth-order valence-electron chi connectivity index (χ4n) is 1.78. The maximum Gasteiger partial charge on any atom is 0.344 e. The van der Waals surface area contributed by atoms with Crippen LogP contribution in [0.15, 0.2) is 34.2 Å². The molecule has 0 fully saturated rings. The SMILES string of the molecule is COC(=O)COC(=O)CCN=C1NS(=O)(=O)c2ccccc21. The second-order valence-electron chi connectivity index (χ2n) is 4.32. The largest absolute Gasteiger partial charge is 0.466 e. The molecule has 2 rings (SSSR count). The van der Waals surface area contributed by atoms with Crippen LogP contribution in [0.2, 0.25) is 0 Å². The predicted octanol–water partition coefficient (Wildman–Crippen LogP) is -0.169. The van der Waals surface area contributed by atoms with Gasteiger partial charge in [-0.1, -0.05) is 12.1 Å². The molecule has 0 aromatic heterocycles. The predicted molar refractivity (Wildman–Crippen MR) is 75.8 cm³/mol. The topological polar surface area (TPSA) is 111 Å². The third kappa shape index (κ3) is 3.61. The van der Waals surface area contributed by atoms with Crippen molar-refractivity contribution in [1.82, 2.24) is 4.72 Å². The lowest BCUT2D eigenvalue weighted by Gasteiger charge is -2.02. The molecule has 1 N–H and O–H groups in total. The molecule has 22 heavy (non-hydrogen) atoms. The van der Waals surface area contributed by atoms with E-state index in [0.717, 1.165) is 0 Å². The van der Waals surface area contributed by atoms with Gasteiger partial charge in [0, 0.05) is 5.56 Å². The summed E-state index contributed by atoms with van der Waals surface area (Å²) in [5, 5.41) is 0. The molecule has 0 spiro atoms. The third-order valence-corrected chi connectivity index (χ3v) is 4.22. The standard InChI is InChI=1S/C13H14N2O6S/c1-20-12(17)8-21-11(16)6-7-14-13-9-4-2-3-5-10(9)22(18,19)15-13/h2-5H,6-8H2,1H3,(H,14,15). The molecule has 118 valence electrons. The fraction of sp³-hybridized carbons (Fsp3) is 0.308. The lowest BCUT2D eigenvalue weighted by atomic mass is 10.2. The van der Waals surface area contributed by atoms with Crippen LogP contribution < -0.4 is 4.72 Å². The zero-order chi connectivity index (χ0) is 16.2. The Morgan fingerprint density at radius 2 is 1.95 bits per heavy atom. The summed E-state index contributed by atoms with van der Waals surface area (Å²) in [6.07, 6.45) is -0.0790. The van der Waals surface area contributed by atoms with E-state index >= 15 is 0 Å². The van der Waals surface area contributed by atoms with Gasteiger partial charge >= 0.3 is 11.9 Å². The van der Waals surface area contributed by atoms with Crippen LogP contribution in [0, 0.1) is 0 Å². The number of nitrogens with zero attached hydrogens (tertiary/aromatic N) is 1. The lowest BCUT2D eigenvalue weighted by Crippen LogP contribution is -2.22. The molecule has 0 bridgehead atoms. The number of fused-ring (bicyclic) bond motifs is 1. The maximum absolute atomic E-state index is 11.8. The first-order valence-electron chi connectivity index (χ1n) is 6.33. The Bertz CT molecular complexity index is 726. The average Bonchev–Trinajstić information content (AvgIpc) is 2.76. The first-order valence-corrected chi connectivity index (χ1v) is 7.81. The molecule has 0 atom stereocenters. The van der Waals surface area contributed by atoms with Gasteiger partial charge in [-0.25, -0.2) is 13.2 Å². The van der Waals surface area contributed by atoms with Crippen molar-refractivity contribution >= 4 is 27.8 Å². The van der Waals surface area contributed by atoms with Gasteiger partial charge in [-0.15, -0.1) is 0 Å². The minimum Gasteiger partial charge on any atom is -0.466 e. The summed E-state index contributed by atoms with van der Waals surface area (Å²) < 4.78 is 35.0. The average molecular weight is 326 g/mol. The molecule has 1 aliphatic heterocycles. The van der Waals surface area contributed by atoms with E-state index in [1.165, 1.54) is 13.2 Å². The molecule has 9 heteroatoms. The van der Waals surface area contributed by atoms with Gasteiger partial charge in [-0.2, -0.15) is 0 Å². The molecule has 1 aromatic carbocycles. The number of ether oxygens (including phenoxy) is 2. The number of methoxy groups -OCH3 is 1. The summed E-state index contributed by atoms with van der Waals surface area (Å²) in [5.41, 5.74) is 0.463. The van der Waals surface area contributed by atoms with Gasteiger partial charge in [0.15, 0.2) is 6.61 Å². The highest BCUT2D eigenvalue weighted by Crippen LogP contribution is 2.22. The van der Waals surface area contributed by atoms with Crippen molar-refractivity contribution in [3.8, 4) is 0 Å². The zero-order valence-electron chi connectivity index (χ0n) is 11.7. The summed E-state index contributed by atoms with van der Waals surface area (Å²) in [6, 6.07) is 6.42. The Kier molecular flexibility index (Phi) is 4.76. The number of carbonyl (C=O) groups is 2. The molecule has 1 aromatic rings. The van der Waals surface area contributed by atoms with Crippen molar-refractivity contribution in [3.63, 3.8) is 0 Å². The molecule has 0 saturated carbocycles. The third-order valence-electron chi connectivity index (χ3n) is 2.83. The van der Waals surface area contributed by atoms with Crippen LogP contribution in [0.4, 0.5) is 0 Å². The Balaban J connectivity index is 1.95. The zero-order valence-corrected chi connectivity index (χ0v) is 12.6. The summed E-state index contributed by atoms with van der Waals surface area (Å²) >= 11 is 0. The number of hydrogen-bond acceptors (Lipinski definition) is 7. The molecule has 1 heterocycles. The van der Waals surface area contributed by atoms with Crippen LogP contribution in [0.5, 0.6) is 0 Å². The number of rotatable bonds is 5. The van der Waals surface area contributed by atoms with Crippen LogP contribution >= 0.6 is 0 Å². The first-order chi connectivity index (χ1) is 10.4. The van der Waals surface area contributed by atoms with Gasteiger partial charge in [0.05, 0.1) is 25.0 Å². The molecule has 8 nitrogen and oxygen atoms in total. The second kappa shape index (κ2) is 6.56. The van der Waals surface area contributed by atoms with Crippen LogP contribution in [-0.4, -0.2) is 46.5 Å². The van der Waals surface area contributed by atoms with E-state index in [1.54, 1.807) is 18.2 Å². The summed E-state index contributed by atoms with van der Waals surface area (Å²) in [4.78, 5) is 26.4. The van der Waals surface area contributed by atoms with Gasteiger partial charge in [0.1, 0.15) is 5.84 Å². The van der Waals surface area contributed by atoms with Crippen molar-refractivity contribution in [2.24, 2.45) is 4.99 Å². The van der Waals surface area contributed by atoms with Gasteiger partial charge in [-0.05, 0) is 12.1 Å². The highest BCUT2D eigenvalue weighted by Gasteiger charge is 2.29. The molecule has 0 aliphatic carbocycles. The lowest BCUT2D eigenvalue weighted by molar-refractivity contribution is -0.156. The summed E-state index contributed by atoms with van der Waals surface area (Å²) in [7, 11) is -2.40. The van der Waals surface area contributed by atoms with Crippen molar-refractivity contribution in [2.45, 2.75) is 11.3 Å². The molecular weight excluding hydrogens is 312 g/mol. The Morgan fingerprint density at radius 1 is 1.23 bits per heavy atom. The maximum atomic E-state index is 11.8. The Labute approximate surface area is 127 Å². The number of amidine groups is 1. The Hall–Kier alpha value is -2.42. The van der Waals surface area contributed by atoms with E-state index < -0.39 is 28.6 Å². The van der Waals surface area contributed by atoms with Gasteiger partial charge in [-0.3, -0.25) is 14.5 Å². The number of sulfonamides is 1. The first kappa shape index (κ1) is 16.0. The van der Waals surface area contributed by atoms with E-state index in [2.05, 4.69) is 19.2 Å². The molecule has 0 unspecified atom stereocenters. The smallest absolute Gasteiger partial charge is 0.344 e. The van der Waals surface area contributed by atoms with E-state index in [9.17, 15) is 18.0 Å². The quantitative estimate of drug-likeness (QED) is 0.752. The van der Waals surface area contributed by atoms with E-state index in [0.29, 0.717) is 5.56 Å². The number of carbonyl (C=O) groups excluding carboxylic acids is 2. The highest BCUT2D eigenvalue weighted by molar-refractivity contribution is 7.90. The summed E-state index contributed by atoms with van der Waals surface area (Å²) in [5.74, 6) is -1.09. The van der Waals surface area contributed by atoms with Crippen molar-refractivity contribution in [3.05, 3.63) is 29.8 Å². The van der Waals surface area contributed by atoms with Crippen LogP contribution in [0.3, 0.4) is 0 Å². The molecule has 0 amide bonds. The molecular formula is C13H14N2O6S. The molecule has 1 aliphatic rings. The van der Waals surface area contributed by atoms with Gasteiger partial charge < -0.3 is 9.47 Å². The van der Waals surface area contributed by atoms with Crippen molar-refractivity contribution < 1.29 is 27.5 Å². The number of nitrogens with one attached hydrogen (secondary N) is 1. The number of aliphatic imine (C=N–C) groups is 1. The van der Waals surface area contributed by atoms with Crippen LogP contribution in [0.25, 0.3) is 0 Å². The normalized spacial score (nSPS) is 16.7. The highest BCUT2D eigenvalue weighted by atomic mass is 32.2. The minimum absolute atomic E-state index is 0.0339. The molecule has 0 radical (unpaired) electrons. The van der Waals surface area contributed by atoms with Gasteiger partial charge in [0.25, 0.3) is 10.0 Å². The monoisotopic (exact) mass is 326 g/mol. The molecule has 0 saturated heterocycles. The minimum atomic E-state index is -3.59. The second-order valence-corrected chi connectivity index (χ2v) is 5.97. The fourth-order valence-corrected chi connectivity index (χ4v) is 3.03. The number of esters is 2. The van der Waals surface area contributed by atoms with E-state index in [1.807, 2.05) is 0 Å². The van der Waals surface area contributed by atoms with E-state index in [-0.39, 0.29) is 23.7 Å². The van der Waals surface area contributed by atoms with Crippen molar-refractivity contribution in [1.29, 1.82) is 0 Å². The van der Waals surface area contributed by atoms with E-state index in [4.69, 9.17) is 0 Å².